The number of halogens is 1. The van der Waals surface area contributed by atoms with Crippen molar-refractivity contribution < 1.29 is 9.90 Å². The summed E-state index contributed by atoms with van der Waals surface area (Å²) in [6.45, 7) is 2.91. The van der Waals surface area contributed by atoms with Crippen LogP contribution in [0.4, 0.5) is 4.79 Å². The SMILES string of the molecule is CC1(O)CCN(C(=O)Cl)CC1. The van der Waals surface area contributed by atoms with E-state index in [0.717, 1.165) is 0 Å². The van der Waals surface area contributed by atoms with Gasteiger partial charge in [-0.2, -0.15) is 0 Å². The standard InChI is InChI=1S/C7H12ClNO2/c1-7(11)2-4-9(5-3-7)6(8)10/h11H,2-5H2,1H3. The van der Waals surface area contributed by atoms with Crippen LogP contribution in [0.2, 0.25) is 0 Å². The molecule has 0 bridgehead atoms. The van der Waals surface area contributed by atoms with Crippen LogP contribution in [0.15, 0.2) is 0 Å². The molecule has 4 heteroatoms. The molecule has 1 aliphatic rings. The van der Waals surface area contributed by atoms with Crippen LogP contribution < -0.4 is 0 Å². The average Bonchev–Trinajstić information content (AvgIpc) is 1.86. The Bertz CT molecular complexity index is 160. The van der Waals surface area contributed by atoms with Gasteiger partial charge in [0, 0.05) is 13.1 Å². The fraction of sp³-hybridized carbons (Fsp3) is 0.857. The highest BCUT2D eigenvalue weighted by Crippen LogP contribution is 2.21. The lowest BCUT2D eigenvalue weighted by Gasteiger charge is -2.34. The van der Waals surface area contributed by atoms with Crippen molar-refractivity contribution in [2.24, 2.45) is 0 Å². The van der Waals surface area contributed by atoms with Crippen molar-refractivity contribution in [1.82, 2.24) is 4.90 Å². The highest BCUT2D eigenvalue weighted by atomic mass is 35.5. The van der Waals surface area contributed by atoms with E-state index in [0.29, 0.717) is 25.9 Å². The topological polar surface area (TPSA) is 40.5 Å². The summed E-state index contributed by atoms with van der Waals surface area (Å²) in [5.74, 6) is 0. The Morgan fingerprint density at radius 2 is 2.00 bits per heavy atom. The molecule has 64 valence electrons. The summed E-state index contributed by atoms with van der Waals surface area (Å²) in [5, 5.41) is 9.08. The Morgan fingerprint density at radius 3 is 2.36 bits per heavy atom. The Kier molecular flexibility index (Phi) is 2.40. The summed E-state index contributed by atoms with van der Waals surface area (Å²) >= 11 is 5.26. The average molecular weight is 178 g/mol. The van der Waals surface area contributed by atoms with Crippen LogP contribution in [0, 0.1) is 0 Å². The fourth-order valence-electron chi connectivity index (χ4n) is 1.16. The van der Waals surface area contributed by atoms with Gasteiger partial charge in [-0.25, -0.2) is 0 Å². The molecule has 1 heterocycles. The van der Waals surface area contributed by atoms with Gasteiger partial charge in [-0.3, -0.25) is 4.79 Å². The van der Waals surface area contributed by atoms with Crippen LogP contribution in [0.3, 0.4) is 0 Å². The summed E-state index contributed by atoms with van der Waals surface area (Å²) in [4.78, 5) is 12.2. The highest BCUT2D eigenvalue weighted by molar-refractivity contribution is 6.62. The molecule has 1 saturated heterocycles. The van der Waals surface area contributed by atoms with Gasteiger partial charge in [-0.15, -0.1) is 0 Å². The number of hydrogen-bond donors (Lipinski definition) is 1. The minimum Gasteiger partial charge on any atom is -0.390 e. The van der Waals surface area contributed by atoms with Crippen LogP contribution in [0.5, 0.6) is 0 Å². The van der Waals surface area contributed by atoms with E-state index in [1.165, 1.54) is 0 Å². The number of aliphatic hydroxyl groups is 1. The highest BCUT2D eigenvalue weighted by Gasteiger charge is 2.28. The van der Waals surface area contributed by atoms with Crippen molar-refractivity contribution in [3.05, 3.63) is 0 Å². The number of carbonyl (C=O) groups is 1. The van der Waals surface area contributed by atoms with E-state index < -0.39 is 11.0 Å². The molecular weight excluding hydrogens is 166 g/mol. The van der Waals surface area contributed by atoms with Gasteiger partial charge in [0.2, 0.25) is 0 Å². The molecule has 0 spiro atoms. The second-order valence-corrected chi connectivity index (χ2v) is 3.56. The largest absolute Gasteiger partial charge is 0.390 e. The van der Waals surface area contributed by atoms with Gasteiger partial charge >= 0.3 is 5.37 Å². The molecule has 1 rings (SSSR count). The van der Waals surface area contributed by atoms with E-state index in [1.807, 2.05) is 0 Å². The number of likely N-dealkylation sites (tertiary alicyclic amines) is 1. The summed E-state index contributed by atoms with van der Waals surface area (Å²) in [6.07, 6.45) is 1.23. The van der Waals surface area contributed by atoms with E-state index in [-0.39, 0.29) is 0 Å². The molecule has 1 fully saturated rings. The van der Waals surface area contributed by atoms with E-state index in [9.17, 15) is 9.90 Å². The van der Waals surface area contributed by atoms with Crippen molar-refractivity contribution in [2.75, 3.05) is 13.1 Å². The van der Waals surface area contributed by atoms with Crippen LogP contribution in [0.25, 0.3) is 0 Å². The van der Waals surface area contributed by atoms with Crippen molar-refractivity contribution >= 4 is 17.0 Å². The van der Waals surface area contributed by atoms with Crippen LogP contribution in [-0.2, 0) is 0 Å². The lowest BCUT2D eigenvalue weighted by Crippen LogP contribution is -2.43. The van der Waals surface area contributed by atoms with Crippen molar-refractivity contribution in [1.29, 1.82) is 0 Å². The van der Waals surface area contributed by atoms with Crippen LogP contribution >= 0.6 is 11.6 Å². The minimum atomic E-state index is -0.608. The molecule has 0 aromatic rings. The van der Waals surface area contributed by atoms with Crippen molar-refractivity contribution in [3.8, 4) is 0 Å². The fourth-order valence-corrected chi connectivity index (χ4v) is 1.33. The lowest BCUT2D eigenvalue weighted by molar-refractivity contribution is 0.00672. The molecule has 3 nitrogen and oxygen atoms in total. The van der Waals surface area contributed by atoms with E-state index in [1.54, 1.807) is 11.8 Å². The quantitative estimate of drug-likeness (QED) is 0.446. The molecule has 0 aromatic heterocycles. The molecule has 1 N–H and O–H groups in total. The normalized spacial score (nSPS) is 23.4. The maximum atomic E-state index is 10.6. The lowest BCUT2D eigenvalue weighted by atomic mass is 9.94. The monoisotopic (exact) mass is 177 g/mol. The number of hydrogen-bond acceptors (Lipinski definition) is 2. The predicted molar refractivity (Wildman–Crippen MR) is 42.7 cm³/mol. The first-order chi connectivity index (χ1) is 5.01. The molecule has 1 aliphatic heterocycles. The number of piperidine rings is 1. The number of rotatable bonds is 0. The first kappa shape index (κ1) is 8.81. The van der Waals surface area contributed by atoms with Crippen LogP contribution in [-0.4, -0.2) is 34.1 Å². The maximum Gasteiger partial charge on any atom is 0.316 e. The second-order valence-electron chi connectivity index (χ2n) is 3.24. The van der Waals surface area contributed by atoms with Gasteiger partial charge in [0.25, 0.3) is 0 Å². The number of nitrogens with zero attached hydrogens (tertiary/aromatic N) is 1. The molecule has 0 radical (unpaired) electrons. The smallest absolute Gasteiger partial charge is 0.316 e. The zero-order valence-electron chi connectivity index (χ0n) is 6.51. The maximum absolute atomic E-state index is 10.6. The van der Waals surface area contributed by atoms with Gasteiger partial charge in [0.1, 0.15) is 0 Å². The third-order valence-corrected chi connectivity index (χ3v) is 2.33. The Morgan fingerprint density at radius 1 is 1.55 bits per heavy atom. The number of carbonyl (C=O) groups excluding carboxylic acids is 1. The van der Waals surface area contributed by atoms with Gasteiger partial charge in [-0.1, -0.05) is 0 Å². The second kappa shape index (κ2) is 2.99. The molecule has 0 atom stereocenters. The van der Waals surface area contributed by atoms with Gasteiger partial charge in [0.05, 0.1) is 5.60 Å². The zero-order chi connectivity index (χ0) is 8.48. The van der Waals surface area contributed by atoms with E-state index in [4.69, 9.17) is 11.6 Å². The Hall–Kier alpha value is -0.280. The van der Waals surface area contributed by atoms with Crippen LogP contribution in [0.1, 0.15) is 19.8 Å². The van der Waals surface area contributed by atoms with E-state index in [2.05, 4.69) is 0 Å². The van der Waals surface area contributed by atoms with Gasteiger partial charge in [0.15, 0.2) is 0 Å². The van der Waals surface area contributed by atoms with E-state index >= 15 is 0 Å². The summed E-state index contributed by atoms with van der Waals surface area (Å²) in [6, 6.07) is 0. The summed E-state index contributed by atoms with van der Waals surface area (Å²) in [5.41, 5.74) is -0.608. The Labute approximate surface area is 70.9 Å². The molecule has 0 unspecified atom stereocenters. The van der Waals surface area contributed by atoms with Crippen molar-refractivity contribution in [3.63, 3.8) is 0 Å². The Balaban J connectivity index is 2.42. The molecule has 0 aromatic carbocycles. The summed E-state index contributed by atoms with van der Waals surface area (Å²) in [7, 11) is 0. The first-order valence-corrected chi connectivity index (χ1v) is 4.06. The first-order valence-electron chi connectivity index (χ1n) is 3.68. The molecule has 1 amide bonds. The molecule has 0 saturated carbocycles. The van der Waals surface area contributed by atoms with Crippen molar-refractivity contribution in [2.45, 2.75) is 25.4 Å². The third kappa shape index (κ3) is 2.34. The zero-order valence-corrected chi connectivity index (χ0v) is 7.26. The minimum absolute atomic E-state index is 0.416. The molecular formula is C7H12ClNO2. The summed E-state index contributed by atoms with van der Waals surface area (Å²) < 4.78 is 0. The molecule has 0 aliphatic carbocycles. The number of amides is 1. The van der Waals surface area contributed by atoms with Gasteiger partial charge < -0.3 is 10.0 Å². The van der Waals surface area contributed by atoms with Gasteiger partial charge in [-0.05, 0) is 31.4 Å². The predicted octanol–water partition coefficient (Wildman–Crippen LogP) is 1.19. The third-order valence-electron chi connectivity index (χ3n) is 2.09. The molecule has 11 heavy (non-hydrogen) atoms.